The Hall–Kier alpha value is -2.00. The predicted octanol–water partition coefficient (Wildman–Crippen LogP) is 6.78. The first-order valence-corrected chi connectivity index (χ1v) is 12.4. The molecule has 3 amide bonds. The molecule has 2 aliphatic heterocycles. The summed E-state index contributed by atoms with van der Waals surface area (Å²) in [6, 6.07) is 6.75. The van der Waals surface area contributed by atoms with Gasteiger partial charge < -0.3 is 4.74 Å². The van der Waals surface area contributed by atoms with Gasteiger partial charge in [-0.25, -0.2) is 0 Å². The Kier molecular flexibility index (Phi) is 5.99. The van der Waals surface area contributed by atoms with E-state index in [0.29, 0.717) is 16.5 Å². The van der Waals surface area contributed by atoms with Crippen LogP contribution in [0.3, 0.4) is 0 Å². The van der Waals surface area contributed by atoms with Gasteiger partial charge in [0, 0.05) is 10.6 Å². The number of hydrogen-bond acceptors (Lipinski definition) is 5. The van der Waals surface area contributed by atoms with Crippen LogP contribution in [-0.2, 0) is 4.79 Å². The molecule has 3 heterocycles. The first kappa shape index (κ1) is 23.7. The van der Waals surface area contributed by atoms with Crippen molar-refractivity contribution in [1.82, 2.24) is 4.90 Å². The van der Waals surface area contributed by atoms with Gasteiger partial charge in [0.15, 0.2) is 0 Å². The fourth-order valence-corrected chi connectivity index (χ4v) is 6.29. The quantitative estimate of drug-likeness (QED) is 0.149. The summed E-state index contributed by atoms with van der Waals surface area (Å²) < 4.78 is 5.19. The topological polar surface area (TPSA) is 66.9 Å². The molecule has 12 heteroatoms. The van der Waals surface area contributed by atoms with E-state index in [1.54, 1.807) is 18.2 Å². The summed E-state index contributed by atoms with van der Waals surface area (Å²) in [6.07, 6.45) is 0. The average molecular weight is 577 g/mol. The highest BCUT2D eigenvalue weighted by Crippen LogP contribution is 2.50. The molecule has 0 spiro atoms. The Labute approximate surface area is 222 Å². The zero-order valence-electron chi connectivity index (χ0n) is 16.9. The lowest BCUT2D eigenvalue weighted by atomic mass is 9.90. The first-order valence-electron chi connectivity index (χ1n) is 9.62. The number of carbonyl (C=O) groups is 3. The lowest BCUT2D eigenvalue weighted by Crippen LogP contribution is -2.67. The molecule has 1 fully saturated rings. The third-order valence-electron chi connectivity index (χ3n) is 5.73. The van der Waals surface area contributed by atoms with Crippen LogP contribution in [0.4, 0.5) is 5.69 Å². The van der Waals surface area contributed by atoms with Crippen molar-refractivity contribution in [3.05, 3.63) is 76.8 Å². The third kappa shape index (κ3) is 3.26. The Morgan fingerprint density at radius 3 is 1.94 bits per heavy atom. The number of imide groups is 1. The molecule has 0 N–H and O–H groups in total. The fraction of sp³-hybridized carbons (Fsp3) is 0.136. The van der Waals surface area contributed by atoms with Gasteiger partial charge in [-0.15, -0.1) is 11.3 Å². The number of β-lactam (4-membered cyclic amide) rings is 1. The number of amides is 3. The standard InChI is InChI=1S/C22H11Cl5N2O4S/c1-33-10-5-4-8(7-9(10)23)28-18(11-3-2-6-34-11)19(22(28)32)29-20(30)12-13(21(29)31)15(25)17(27)16(26)14(12)24/h2-7,18-19H,1H3/t18-,19+/m0/s1. The first-order chi connectivity index (χ1) is 16.2. The van der Waals surface area contributed by atoms with Crippen molar-refractivity contribution >= 4 is 92.8 Å². The second-order valence-corrected chi connectivity index (χ2v) is 10.3. The molecular weight excluding hydrogens is 566 g/mol. The Morgan fingerprint density at radius 2 is 1.44 bits per heavy atom. The molecule has 6 nitrogen and oxygen atoms in total. The van der Waals surface area contributed by atoms with Crippen LogP contribution in [0.25, 0.3) is 0 Å². The zero-order valence-corrected chi connectivity index (χ0v) is 21.5. The summed E-state index contributed by atoms with van der Waals surface area (Å²) in [5.74, 6) is -1.56. The monoisotopic (exact) mass is 574 g/mol. The number of fused-ring (bicyclic) bond motifs is 1. The summed E-state index contributed by atoms with van der Waals surface area (Å²) in [4.78, 5) is 43.3. The van der Waals surface area contributed by atoms with Gasteiger partial charge in [0.05, 0.1) is 43.3 Å². The van der Waals surface area contributed by atoms with E-state index in [9.17, 15) is 14.4 Å². The molecule has 0 radical (unpaired) electrons. The van der Waals surface area contributed by atoms with E-state index in [1.165, 1.54) is 23.3 Å². The summed E-state index contributed by atoms with van der Waals surface area (Å²) in [6.45, 7) is 0. The van der Waals surface area contributed by atoms with Gasteiger partial charge >= 0.3 is 0 Å². The Morgan fingerprint density at radius 1 is 0.824 bits per heavy atom. The van der Waals surface area contributed by atoms with Crippen molar-refractivity contribution in [2.45, 2.75) is 12.1 Å². The lowest BCUT2D eigenvalue weighted by Gasteiger charge is -2.49. The number of hydrogen-bond donors (Lipinski definition) is 0. The number of carbonyl (C=O) groups excluding carboxylic acids is 3. The lowest BCUT2D eigenvalue weighted by molar-refractivity contribution is -0.130. The van der Waals surface area contributed by atoms with Crippen LogP contribution >= 0.6 is 69.3 Å². The second-order valence-electron chi connectivity index (χ2n) is 7.42. The van der Waals surface area contributed by atoms with Gasteiger partial charge in [0.1, 0.15) is 17.8 Å². The largest absolute Gasteiger partial charge is 0.495 e. The normalized spacial score (nSPS) is 19.5. The zero-order chi connectivity index (χ0) is 24.5. The highest BCUT2D eigenvalue weighted by molar-refractivity contribution is 7.10. The molecule has 2 aliphatic rings. The number of ether oxygens (including phenoxy) is 1. The van der Waals surface area contributed by atoms with Gasteiger partial charge in [-0.3, -0.25) is 24.2 Å². The van der Waals surface area contributed by atoms with Crippen LogP contribution in [0.1, 0.15) is 31.6 Å². The number of methoxy groups -OCH3 is 1. The minimum Gasteiger partial charge on any atom is -0.495 e. The maximum Gasteiger partial charge on any atom is 0.264 e. The van der Waals surface area contributed by atoms with Crippen LogP contribution in [0.5, 0.6) is 5.75 Å². The number of nitrogens with zero attached hydrogens (tertiary/aromatic N) is 2. The number of thiophene rings is 1. The minimum absolute atomic E-state index is 0.140. The van der Waals surface area contributed by atoms with Crippen molar-refractivity contribution in [3.63, 3.8) is 0 Å². The Balaban J connectivity index is 1.60. The molecule has 2 atom stereocenters. The van der Waals surface area contributed by atoms with Crippen LogP contribution < -0.4 is 9.64 Å². The average Bonchev–Trinajstić information content (AvgIpc) is 3.42. The molecule has 1 saturated heterocycles. The van der Waals surface area contributed by atoms with Gasteiger partial charge in [-0.1, -0.05) is 64.1 Å². The smallest absolute Gasteiger partial charge is 0.264 e. The molecule has 2 aromatic carbocycles. The van der Waals surface area contributed by atoms with Crippen molar-refractivity contribution in [2.75, 3.05) is 12.0 Å². The summed E-state index contributed by atoms with van der Waals surface area (Å²) >= 11 is 32.4. The molecule has 174 valence electrons. The highest BCUT2D eigenvalue weighted by atomic mass is 35.5. The minimum atomic E-state index is -1.13. The van der Waals surface area contributed by atoms with Gasteiger partial charge in [-0.05, 0) is 29.6 Å². The molecule has 0 bridgehead atoms. The van der Waals surface area contributed by atoms with Gasteiger partial charge in [0.2, 0.25) is 0 Å². The second kappa shape index (κ2) is 8.59. The van der Waals surface area contributed by atoms with Crippen LogP contribution in [0.2, 0.25) is 25.1 Å². The molecule has 0 unspecified atom stereocenters. The van der Waals surface area contributed by atoms with Crippen LogP contribution in [0.15, 0.2) is 35.7 Å². The van der Waals surface area contributed by atoms with Gasteiger partial charge in [-0.2, -0.15) is 0 Å². The molecule has 1 aromatic heterocycles. The number of anilines is 1. The summed E-state index contributed by atoms with van der Waals surface area (Å²) in [5, 5.41) is 1.49. The van der Waals surface area contributed by atoms with Crippen LogP contribution in [-0.4, -0.2) is 35.8 Å². The van der Waals surface area contributed by atoms with E-state index >= 15 is 0 Å². The maximum atomic E-state index is 13.5. The van der Waals surface area contributed by atoms with E-state index in [2.05, 4.69) is 0 Å². The predicted molar refractivity (Wildman–Crippen MR) is 133 cm³/mol. The number of benzene rings is 2. The van der Waals surface area contributed by atoms with Crippen molar-refractivity contribution in [1.29, 1.82) is 0 Å². The van der Waals surface area contributed by atoms with E-state index in [0.717, 1.165) is 9.78 Å². The van der Waals surface area contributed by atoms with E-state index in [1.807, 2.05) is 17.5 Å². The maximum absolute atomic E-state index is 13.5. The number of rotatable bonds is 4. The molecule has 3 aromatic rings. The Bertz CT molecular complexity index is 1350. The third-order valence-corrected chi connectivity index (χ3v) is 8.77. The molecule has 0 saturated carbocycles. The number of halogens is 5. The molecule has 5 rings (SSSR count). The van der Waals surface area contributed by atoms with E-state index in [-0.39, 0.29) is 31.2 Å². The fourth-order valence-electron chi connectivity index (χ4n) is 4.18. The van der Waals surface area contributed by atoms with Crippen molar-refractivity contribution in [2.24, 2.45) is 0 Å². The molecular formula is C22H11Cl5N2O4S. The SMILES string of the molecule is COc1ccc(N2C(=O)[C@H](N3C(=O)c4c(Cl)c(Cl)c(Cl)c(Cl)c4C3=O)[C@@H]2c2cccs2)cc1Cl. The molecule has 34 heavy (non-hydrogen) atoms. The van der Waals surface area contributed by atoms with Crippen LogP contribution in [0, 0.1) is 0 Å². The van der Waals surface area contributed by atoms with Gasteiger partial charge in [0.25, 0.3) is 17.7 Å². The summed E-state index contributed by atoms with van der Waals surface area (Å²) in [7, 11) is 1.48. The van der Waals surface area contributed by atoms with E-state index in [4.69, 9.17) is 62.7 Å². The highest BCUT2D eigenvalue weighted by Gasteiger charge is 2.58. The van der Waals surface area contributed by atoms with Crippen molar-refractivity contribution < 1.29 is 19.1 Å². The van der Waals surface area contributed by atoms with E-state index < -0.39 is 29.8 Å². The van der Waals surface area contributed by atoms with Crippen molar-refractivity contribution in [3.8, 4) is 5.75 Å². The summed E-state index contributed by atoms with van der Waals surface area (Å²) in [5.41, 5.74) is 0.147. The molecule has 0 aliphatic carbocycles.